The van der Waals surface area contributed by atoms with Crippen molar-refractivity contribution in [3.8, 4) is 6.07 Å². The fraction of sp³-hybridized carbons (Fsp3) is 0.312. The summed E-state index contributed by atoms with van der Waals surface area (Å²) in [5.41, 5.74) is 0.870. The highest BCUT2D eigenvalue weighted by Crippen LogP contribution is 2.16. The minimum absolute atomic E-state index is 0.237. The fourth-order valence-corrected chi connectivity index (χ4v) is 1.98. The lowest BCUT2D eigenvalue weighted by molar-refractivity contribution is 0.411. The third kappa shape index (κ3) is 4.24. The molecular weight excluding hydrogens is 281 g/mol. The highest BCUT2D eigenvalue weighted by atomic mass is 19.1. The molecule has 0 aliphatic rings. The molecule has 114 valence electrons. The van der Waals surface area contributed by atoms with Crippen molar-refractivity contribution in [3.63, 3.8) is 0 Å². The van der Waals surface area contributed by atoms with Crippen molar-refractivity contribution in [2.75, 3.05) is 32.1 Å². The molecule has 5 nitrogen and oxygen atoms in total. The Labute approximate surface area is 129 Å². The number of aromatic nitrogens is 2. The van der Waals surface area contributed by atoms with Gasteiger partial charge in [-0.05, 0) is 32.3 Å². The fourth-order valence-electron chi connectivity index (χ4n) is 1.98. The van der Waals surface area contributed by atoms with Crippen molar-refractivity contribution in [2.45, 2.75) is 6.54 Å². The number of nitrogens with zero attached hydrogens (tertiary/aromatic N) is 5. The van der Waals surface area contributed by atoms with Crippen molar-refractivity contribution in [1.29, 1.82) is 5.26 Å². The minimum Gasteiger partial charge on any atom is -0.349 e. The topological polar surface area (TPSA) is 56.0 Å². The minimum atomic E-state index is -0.237. The first-order chi connectivity index (χ1) is 10.6. The Morgan fingerprint density at radius 3 is 2.45 bits per heavy atom. The smallest absolute Gasteiger partial charge is 0.163 e. The standard InChI is InChI=1S/C16H18FN5/c1-21(2)9-10-22(12-13-5-3-4-6-15(13)17)16-8-7-14(11-18)19-20-16/h3-8H,9-10,12H2,1-2H3. The first-order valence-electron chi connectivity index (χ1n) is 6.97. The lowest BCUT2D eigenvalue weighted by Gasteiger charge is -2.25. The molecule has 0 spiro atoms. The Hall–Kier alpha value is -2.52. The summed E-state index contributed by atoms with van der Waals surface area (Å²) in [6.45, 7) is 1.89. The van der Waals surface area contributed by atoms with Crippen molar-refractivity contribution >= 4 is 5.82 Å². The van der Waals surface area contributed by atoms with Crippen LogP contribution < -0.4 is 4.90 Å². The molecule has 0 fully saturated rings. The number of benzene rings is 1. The number of likely N-dealkylation sites (N-methyl/N-ethyl adjacent to an activating group) is 1. The van der Waals surface area contributed by atoms with Gasteiger partial charge in [0.15, 0.2) is 11.5 Å². The summed E-state index contributed by atoms with van der Waals surface area (Å²) in [6.07, 6.45) is 0. The van der Waals surface area contributed by atoms with E-state index in [1.54, 1.807) is 24.3 Å². The molecule has 0 aliphatic carbocycles. The molecule has 2 aromatic rings. The molecule has 0 radical (unpaired) electrons. The van der Waals surface area contributed by atoms with Gasteiger partial charge in [0.05, 0.1) is 0 Å². The van der Waals surface area contributed by atoms with E-state index in [0.717, 1.165) is 6.54 Å². The van der Waals surface area contributed by atoms with Gasteiger partial charge in [-0.25, -0.2) is 4.39 Å². The SMILES string of the molecule is CN(C)CCN(Cc1ccccc1F)c1ccc(C#N)nn1. The summed E-state index contributed by atoms with van der Waals surface area (Å²) in [7, 11) is 3.96. The Bertz CT molecular complexity index is 648. The summed E-state index contributed by atoms with van der Waals surface area (Å²) < 4.78 is 13.9. The number of anilines is 1. The summed E-state index contributed by atoms with van der Waals surface area (Å²) in [5.74, 6) is 0.392. The van der Waals surface area contributed by atoms with E-state index in [1.165, 1.54) is 6.07 Å². The van der Waals surface area contributed by atoms with Crippen LogP contribution in [0.2, 0.25) is 0 Å². The van der Waals surface area contributed by atoms with Crippen LogP contribution in [0.4, 0.5) is 10.2 Å². The van der Waals surface area contributed by atoms with Crippen LogP contribution in [-0.2, 0) is 6.54 Å². The predicted molar refractivity (Wildman–Crippen MR) is 82.8 cm³/mol. The van der Waals surface area contributed by atoms with Crippen LogP contribution in [-0.4, -0.2) is 42.3 Å². The van der Waals surface area contributed by atoms with Crippen LogP contribution in [0.5, 0.6) is 0 Å². The maximum absolute atomic E-state index is 13.9. The van der Waals surface area contributed by atoms with E-state index in [2.05, 4.69) is 10.2 Å². The second kappa shape index (κ2) is 7.48. The van der Waals surface area contributed by atoms with Crippen molar-refractivity contribution in [2.24, 2.45) is 0 Å². The summed E-state index contributed by atoms with van der Waals surface area (Å²) in [4.78, 5) is 4.00. The van der Waals surface area contributed by atoms with Gasteiger partial charge in [-0.2, -0.15) is 5.26 Å². The third-order valence-electron chi connectivity index (χ3n) is 3.23. The van der Waals surface area contributed by atoms with Crippen LogP contribution in [0.1, 0.15) is 11.3 Å². The third-order valence-corrected chi connectivity index (χ3v) is 3.23. The molecule has 6 heteroatoms. The van der Waals surface area contributed by atoms with Gasteiger partial charge in [-0.3, -0.25) is 0 Å². The van der Waals surface area contributed by atoms with Crippen molar-refractivity contribution in [1.82, 2.24) is 15.1 Å². The van der Waals surface area contributed by atoms with E-state index in [-0.39, 0.29) is 11.5 Å². The predicted octanol–water partition coefficient (Wildman–Crippen LogP) is 2.06. The largest absolute Gasteiger partial charge is 0.349 e. The lowest BCUT2D eigenvalue weighted by Crippen LogP contribution is -2.32. The van der Waals surface area contributed by atoms with Crippen molar-refractivity contribution < 1.29 is 4.39 Å². The van der Waals surface area contributed by atoms with E-state index in [1.807, 2.05) is 36.0 Å². The Morgan fingerprint density at radius 1 is 1.09 bits per heavy atom. The second-order valence-electron chi connectivity index (χ2n) is 5.20. The molecule has 22 heavy (non-hydrogen) atoms. The number of nitriles is 1. The van der Waals surface area contributed by atoms with Gasteiger partial charge < -0.3 is 9.80 Å². The van der Waals surface area contributed by atoms with Gasteiger partial charge in [0, 0.05) is 25.2 Å². The molecule has 0 atom stereocenters. The summed E-state index contributed by atoms with van der Waals surface area (Å²) in [5, 5.41) is 16.7. The average molecular weight is 299 g/mol. The van der Waals surface area contributed by atoms with Crippen LogP contribution in [0.3, 0.4) is 0 Å². The van der Waals surface area contributed by atoms with E-state index in [4.69, 9.17) is 5.26 Å². The van der Waals surface area contributed by atoms with Crippen LogP contribution in [0.15, 0.2) is 36.4 Å². The molecule has 2 rings (SSSR count). The molecule has 0 bridgehead atoms. The zero-order valence-corrected chi connectivity index (χ0v) is 12.7. The highest BCUT2D eigenvalue weighted by molar-refractivity contribution is 5.40. The van der Waals surface area contributed by atoms with Crippen molar-refractivity contribution in [3.05, 3.63) is 53.5 Å². The number of hydrogen-bond donors (Lipinski definition) is 0. The Kier molecular flexibility index (Phi) is 5.39. The van der Waals surface area contributed by atoms with Gasteiger partial charge in [-0.1, -0.05) is 18.2 Å². The van der Waals surface area contributed by atoms with Gasteiger partial charge >= 0.3 is 0 Å². The Morgan fingerprint density at radius 2 is 1.86 bits per heavy atom. The maximum Gasteiger partial charge on any atom is 0.163 e. The van der Waals surface area contributed by atoms with Crippen LogP contribution in [0, 0.1) is 17.1 Å². The van der Waals surface area contributed by atoms with Crippen LogP contribution >= 0.6 is 0 Å². The second-order valence-corrected chi connectivity index (χ2v) is 5.20. The quantitative estimate of drug-likeness (QED) is 0.817. The van der Waals surface area contributed by atoms with Gasteiger partial charge in [0.1, 0.15) is 11.9 Å². The normalized spacial score (nSPS) is 10.5. The molecule has 0 saturated carbocycles. The number of rotatable bonds is 6. The molecule has 1 aromatic heterocycles. The monoisotopic (exact) mass is 299 g/mol. The van der Waals surface area contributed by atoms with E-state index >= 15 is 0 Å². The van der Waals surface area contributed by atoms with E-state index < -0.39 is 0 Å². The van der Waals surface area contributed by atoms with Gasteiger partial charge in [-0.15, -0.1) is 10.2 Å². The molecule has 0 aliphatic heterocycles. The molecule has 0 amide bonds. The molecule has 1 heterocycles. The van der Waals surface area contributed by atoms with E-state index in [0.29, 0.717) is 24.5 Å². The summed E-state index contributed by atoms with van der Waals surface area (Å²) in [6, 6.07) is 12.0. The number of halogens is 1. The molecule has 0 saturated heterocycles. The summed E-state index contributed by atoms with van der Waals surface area (Å²) >= 11 is 0. The van der Waals surface area contributed by atoms with Crippen LogP contribution in [0.25, 0.3) is 0 Å². The molecule has 0 unspecified atom stereocenters. The van der Waals surface area contributed by atoms with Gasteiger partial charge in [0.25, 0.3) is 0 Å². The maximum atomic E-state index is 13.9. The molecule has 1 aromatic carbocycles. The zero-order valence-electron chi connectivity index (χ0n) is 12.7. The molecular formula is C16H18FN5. The zero-order chi connectivity index (χ0) is 15.9. The first-order valence-corrected chi connectivity index (χ1v) is 6.97. The average Bonchev–Trinajstić information content (AvgIpc) is 2.53. The highest BCUT2D eigenvalue weighted by Gasteiger charge is 2.12. The number of hydrogen-bond acceptors (Lipinski definition) is 5. The van der Waals surface area contributed by atoms with Gasteiger partial charge in [0.2, 0.25) is 0 Å². The van der Waals surface area contributed by atoms with E-state index in [9.17, 15) is 4.39 Å². The lowest BCUT2D eigenvalue weighted by atomic mass is 10.2. The Balaban J connectivity index is 2.21. The molecule has 0 N–H and O–H groups in total. The first kappa shape index (κ1) is 15.9.